The zero-order valence-electron chi connectivity index (χ0n) is 16.4. The van der Waals surface area contributed by atoms with E-state index in [4.69, 9.17) is 4.74 Å². The molecule has 2 saturated heterocycles. The molecular weight excluding hydrogens is 358 g/mol. The van der Waals surface area contributed by atoms with E-state index < -0.39 is 12.1 Å². The fourth-order valence-corrected chi connectivity index (χ4v) is 3.94. The summed E-state index contributed by atoms with van der Waals surface area (Å²) in [5, 5.41) is 2.69. The number of carbonyl (C=O) groups is 3. The molecule has 1 aromatic rings. The molecule has 3 rings (SSSR count). The summed E-state index contributed by atoms with van der Waals surface area (Å²) >= 11 is 0. The van der Waals surface area contributed by atoms with Crippen LogP contribution < -0.4 is 5.32 Å². The Kier molecular flexibility index (Phi) is 6.90. The third-order valence-electron chi connectivity index (χ3n) is 5.42. The van der Waals surface area contributed by atoms with Crippen molar-refractivity contribution >= 4 is 17.9 Å². The van der Waals surface area contributed by atoms with Gasteiger partial charge in [-0.3, -0.25) is 9.59 Å². The summed E-state index contributed by atoms with van der Waals surface area (Å²) in [4.78, 5) is 41.3. The van der Waals surface area contributed by atoms with Crippen LogP contribution in [-0.2, 0) is 20.7 Å². The highest BCUT2D eigenvalue weighted by molar-refractivity contribution is 5.87. The number of hydrogen-bond acceptors (Lipinski definition) is 4. The van der Waals surface area contributed by atoms with Gasteiger partial charge in [-0.15, -0.1) is 0 Å². The van der Waals surface area contributed by atoms with E-state index in [2.05, 4.69) is 5.32 Å². The Hall–Kier alpha value is -2.57. The van der Waals surface area contributed by atoms with Crippen LogP contribution in [0.2, 0.25) is 0 Å². The summed E-state index contributed by atoms with van der Waals surface area (Å²) in [7, 11) is 0. The van der Waals surface area contributed by atoms with Gasteiger partial charge < -0.3 is 19.9 Å². The first-order valence-electron chi connectivity index (χ1n) is 10.1. The molecule has 2 aliphatic heterocycles. The second-order valence-corrected chi connectivity index (χ2v) is 7.41. The molecule has 7 heteroatoms. The van der Waals surface area contributed by atoms with Crippen molar-refractivity contribution in [3.05, 3.63) is 35.9 Å². The number of hydrogen-bond donors (Lipinski definition) is 1. The van der Waals surface area contributed by atoms with Crippen LogP contribution in [0.25, 0.3) is 0 Å². The first-order chi connectivity index (χ1) is 13.6. The van der Waals surface area contributed by atoms with Crippen LogP contribution in [0.1, 0.15) is 31.7 Å². The maximum Gasteiger partial charge on any atom is 0.407 e. The lowest BCUT2D eigenvalue weighted by atomic mass is 10.0. The van der Waals surface area contributed by atoms with Crippen LogP contribution in [0.5, 0.6) is 0 Å². The van der Waals surface area contributed by atoms with E-state index in [1.54, 1.807) is 11.8 Å². The molecule has 1 aromatic carbocycles. The molecule has 0 spiro atoms. The SMILES string of the molecule is CCOC(=O)N[C@H](Cc1ccccc1)C(=O)N1CCC(C(=O)N2CCCC2)C1. The van der Waals surface area contributed by atoms with Crippen molar-refractivity contribution in [2.24, 2.45) is 5.92 Å². The van der Waals surface area contributed by atoms with Crippen LogP contribution in [0.4, 0.5) is 4.79 Å². The van der Waals surface area contributed by atoms with Gasteiger partial charge in [-0.05, 0) is 31.7 Å². The second-order valence-electron chi connectivity index (χ2n) is 7.41. The number of nitrogens with one attached hydrogen (secondary N) is 1. The Morgan fingerprint density at radius 1 is 1.11 bits per heavy atom. The topological polar surface area (TPSA) is 79.0 Å². The average Bonchev–Trinajstić information content (AvgIpc) is 3.39. The predicted molar refractivity (Wildman–Crippen MR) is 105 cm³/mol. The standard InChI is InChI=1S/C21H29N3O4/c1-2-28-21(27)22-18(14-16-8-4-3-5-9-16)20(26)24-13-10-17(15-24)19(25)23-11-6-7-12-23/h3-5,8-9,17-18H,2,6-7,10-15H2,1H3,(H,22,27)/t17?,18-/m1/s1. The summed E-state index contributed by atoms with van der Waals surface area (Å²) in [6.45, 7) is 4.58. The van der Waals surface area contributed by atoms with E-state index in [0.29, 0.717) is 25.9 Å². The quantitative estimate of drug-likeness (QED) is 0.808. The third kappa shape index (κ3) is 5.03. The van der Waals surface area contributed by atoms with E-state index in [-0.39, 0.29) is 24.3 Å². The molecule has 0 aliphatic carbocycles. The number of amides is 3. The minimum atomic E-state index is -0.706. The highest BCUT2D eigenvalue weighted by atomic mass is 16.5. The molecule has 152 valence electrons. The summed E-state index contributed by atoms with van der Waals surface area (Å²) in [5.74, 6) is -0.138. The van der Waals surface area contributed by atoms with E-state index in [1.165, 1.54) is 0 Å². The number of carbonyl (C=O) groups excluding carboxylic acids is 3. The molecule has 0 bridgehead atoms. The van der Waals surface area contributed by atoms with Crippen molar-refractivity contribution in [2.45, 2.75) is 38.6 Å². The van der Waals surface area contributed by atoms with E-state index >= 15 is 0 Å². The van der Waals surface area contributed by atoms with Crippen molar-refractivity contribution in [3.63, 3.8) is 0 Å². The van der Waals surface area contributed by atoms with Crippen molar-refractivity contribution in [1.82, 2.24) is 15.1 Å². The normalized spacial score (nSPS) is 20.1. The highest BCUT2D eigenvalue weighted by Gasteiger charge is 2.37. The summed E-state index contributed by atoms with van der Waals surface area (Å²) in [6.07, 6.45) is 2.59. The second kappa shape index (κ2) is 9.57. The number of ether oxygens (including phenoxy) is 1. The minimum absolute atomic E-state index is 0.137. The molecule has 2 heterocycles. The minimum Gasteiger partial charge on any atom is -0.450 e. The van der Waals surface area contributed by atoms with Crippen LogP contribution >= 0.6 is 0 Å². The molecule has 2 atom stereocenters. The number of likely N-dealkylation sites (tertiary alicyclic amines) is 2. The molecule has 7 nitrogen and oxygen atoms in total. The maximum atomic E-state index is 13.1. The lowest BCUT2D eigenvalue weighted by Crippen LogP contribution is -2.49. The van der Waals surface area contributed by atoms with Gasteiger partial charge in [0.25, 0.3) is 0 Å². The van der Waals surface area contributed by atoms with E-state index in [9.17, 15) is 14.4 Å². The number of nitrogens with zero attached hydrogens (tertiary/aromatic N) is 2. The Balaban J connectivity index is 1.64. The Labute approximate surface area is 166 Å². The fourth-order valence-electron chi connectivity index (χ4n) is 3.94. The molecule has 1 unspecified atom stereocenters. The van der Waals surface area contributed by atoms with Crippen LogP contribution in [0, 0.1) is 5.92 Å². The molecule has 3 amide bonds. The van der Waals surface area contributed by atoms with Crippen molar-refractivity contribution < 1.29 is 19.1 Å². The third-order valence-corrected chi connectivity index (χ3v) is 5.42. The Bertz CT molecular complexity index is 688. The number of rotatable bonds is 6. The molecule has 1 N–H and O–H groups in total. The van der Waals surface area contributed by atoms with Crippen LogP contribution in [0.15, 0.2) is 30.3 Å². The Morgan fingerprint density at radius 2 is 1.82 bits per heavy atom. The molecule has 2 aliphatic rings. The van der Waals surface area contributed by atoms with Gasteiger partial charge in [0.15, 0.2) is 0 Å². The van der Waals surface area contributed by atoms with Gasteiger partial charge in [-0.2, -0.15) is 0 Å². The monoisotopic (exact) mass is 387 g/mol. The lowest BCUT2D eigenvalue weighted by Gasteiger charge is -2.25. The first kappa shape index (κ1) is 20.2. The average molecular weight is 387 g/mol. The van der Waals surface area contributed by atoms with E-state index in [1.807, 2.05) is 35.2 Å². The van der Waals surface area contributed by atoms with Gasteiger partial charge >= 0.3 is 6.09 Å². The van der Waals surface area contributed by atoms with Gasteiger partial charge in [-0.25, -0.2) is 4.79 Å². The summed E-state index contributed by atoms with van der Waals surface area (Å²) in [5.41, 5.74) is 0.960. The molecule has 0 saturated carbocycles. The lowest BCUT2D eigenvalue weighted by molar-refractivity contribution is -0.135. The zero-order chi connectivity index (χ0) is 19.9. The summed E-state index contributed by atoms with van der Waals surface area (Å²) < 4.78 is 4.97. The highest BCUT2D eigenvalue weighted by Crippen LogP contribution is 2.22. The van der Waals surface area contributed by atoms with E-state index in [0.717, 1.165) is 31.5 Å². The number of alkyl carbamates (subject to hydrolysis) is 1. The molecule has 0 aromatic heterocycles. The van der Waals surface area contributed by atoms with Gasteiger partial charge in [-0.1, -0.05) is 30.3 Å². The van der Waals surface area contributed by atoms with Crippen LogP contribution in [0.3, 0.4) is 0 Å². The zero-order valence-corrected chi connectivity index (χ0v) is 16.4. The van der Waals surface area contributed by atoms with Gasteiger partial charge in [0.1, 0.15) is 6.04 Å². The smallest absolute Gasteiger partial charge is 0.407 e. The van der Waals surface area contributed by atoms with Gasteiger partial charge in [0, 0.05) is 32.6 Å². The summed E-state index contributed by atoms with van der Waals surface area (Å²) in [6, 6.07) is 8.87. The van der Waals surface area contributed by atoms with Gasteiger partial charge in [0.2, 0.25) is 11.8 Å². The van der Waals surface area contributed by atoms with Crippen molar-refractivity contribution in [3.8, 4) is 0 Å². The fraction of sp³-hybridized carbons (Fsp3) is 0.571. The number of benzene rings is 1. The first-order valence-corrected chi connectivity index (χ1v) is 10.1. The molecule has 2 fully saturated rings. The molecule has 28 heavy (non-hydrogen) atoms. The van der Waals surface area contributed by atoms with Crippen molar-refractivity contribution in [1.29, 1.82) is 0 Å². The largest absolute Gasteiger partial charge is 0.450 e. The van der Waals surface area contributed by atoms with Crippen molar-refractivity contribution in [2.75, 3.05) is 32.8 Å². The van der Waals surface area contributed by atoms with Crippen LogP contribution in [-0.4, -0.2) is 66.5 Å². The Morgan fingerprint density at radius 3 is 2.50 bits per heavy atom. The predicted octanol–water partition coefficient (Wildman–Crippen LogP) is 1.81. The van der Waals surface area contributed by atoms with Gasteiger partial charge in [0.05, 0.1) is 12.5 Å². The molecule has 0 radical (unpaired) electrons. The maximum absolute atomic E-state index is 13.1. The molecular formula is C21H29N3O4.